The normalized spacial score (nSPS) is 11.1. The lowest BCUT2D eigenvalue weighted by Crippen LogP contribution is -2.35. The first-order valence-electron chi connectivity index (χ1n) is 11.1. The molecule has 2 N–H and O–H groups in total. The van der Waals surface area contributed by atoms with Crippen LogP contribution in [0.2, 0.25) is 0 Å². The van der Waals surface area contributed by atoms with Crippen LogP contribution in [0, 0.1) is 5.41 Å². The smallest absolute Gasteiger partial charge is 0.267 e. The van der Waals surface area contributed by atoms with Crippen molar-refractivity contribution in [3.63, 3.8) is 0 Å². The van der Waals surface area contributed by atoms with E-state index in [-0.39, 0.29) is 28.5 Å². The van der Waals surface area contributed by atoms with Gasteiger partial charge in [-0.1, -0.05) is 18.2 Å². The van der Waals surface area contributed by atoms with Crippen LogP contribution in [0.15, 0.2) is 82.3 Å². The number of carbonyl (C=O) groups excluding carboxylic acids is 1. The molecule has 0 bridgehead atoms. The summed E-state index contributed by atoms with van der Waals surface area (Å²) in [5, 5.41) is 11.9. The predicted octanol–water partition coefficient (Wildman–Crippen LogP) is 2.75. The van der Waals surface area contributed by atoms with E-state index >= 15 is 0 Å². The lowest BCUT2D eigenvalue weighted by Gasteiger charge is -2.14. The summed E-state index contributed by atoms with van der Waals surface area (Å²) in [6, 6.07) is 17.8. The maximum absolute atomic E-state index is 13.3. The number of rotatable bonds is 7. The number of pyridine rings is 2. The highest BCUT2D eigenvalue weighted by molar-refractivity contribution is 5.96. The van der Waals surface area contributed by atoms with Gasteiger partial charge in [-0.05, 0) is 54.4 Å². The van der Waals surface area contributed by atoms with Crippen LogP contribution < -0.4 is 21.1 Å². The second-order valence-electron chi connectivity index (χ2n) is 8.01. The molecular weight excluding hydrogens is 446 g/mol. The number of ether oxygens (including phenoxy) is 1. The molecule has 5 aromatic rings. The number of nitrogens with one attached hydrogen (secondary N) is 2. The molecule has 4 heterocycles. The van der Waals surface area contributed by atoms with Crippen molar-refractivity contribution in [2.75, 3.05) is 13.7 Å². The first-order valence-corrected chi connectivity index (χ1v) is 11.1. The minimum atomic E-state index is -0.434. The van der Waals surface area contributed by atoms with Crippen molar-refractivity contribution in [3.8, 4) is 5.75 Å². The zero-order chi connectivity index (χ0) is 24.4. The van der Waals surface area contributed by atoms with Crippen molar-refractivity contribution in [2.24, 2.45) is 0 Å². The summed E-state index contributed by atoms with van der Waals surface area (Å²) >= 11 is 0. The Morgan fingerprint density at radius 1 is 1.14 bits per heavy atom. The summed E-state index contributed by atoms with van der Waals surface area (Å²) in [6.07, 6.45) is 3.78. The van der Waals surface area contributed by atoms with Gasteiger partial charge in [0.15, 0.2) is 0 Å². The molecule has 35 heavy (non-hydrogen) atoms. The fraction of sp³-hybridized carbons (Fsp3) is 0.154. The summed E-state index contributed by atoms with van der Waals surface area (Å²) in [5.74, 6) is 0.911. The Balaban J connectivity index is 1.52. The van der Waals surface area contributed by atoms with Crippen molar-refractivity contribution in [1.82, 2.24) is 19.3 Å². The highest BCUT2D eigenvalue weighted by Crippen LogP contribution is 2.14. The van der Waals surface area contributed by atoms with E-state index in [1.165, 1.54) is 21.3 Å². The standard InChI is InChI=1S/C26H23N5O4/c1-34-18-9-7-17(8-10-18)11-12-28-25(32)20-15-21-24(29-22-6-2-3-13-30(22)26(21)33)31(23(20)27)16-19-5-4-14-35-19/h2-10,13-15,27H,11-12,16H2,1H3,(H,28,32). The SMILES string of the molecule is COc1ccc(CCNC(=O)c2cc3c(=O)n4ccccc4nc3n(Cc3ccco3)c2=N)cc1. The Bertz CT molecular complexity index is 1630. The Morgan fingerprint density at radius 3 is 2.71 bits per heavy atom. The number of aromatic nitrogens is 3. The molecule has 1 aromatic carbocycles. The van der Waals surface area contributed by atoms with Gasteiger partial charge in [-0.15, -0.1) is 0 Å². The van der Waals surface area contributed by atoms with Crippen molar-refractivity contribution in [3.05, 3.63) is 106 Å². The average Bonchev–Trinajstić information content (AvgIpc) is 3.40. The summed E-state index contributed by atoms with van der Waals surface area (Å²) in [6.45, 7) is 0.528. The first kappa shape index (κ1) is 22.1. The summed E-state index contributed by atoms with van der Waals surface area (Å²) in [5.41, 5.74) is 1.53. The van der Waals surface area contributed by atoms with E-state index < -0.39 is 5.91 Å². The number of methoxy groups -OCH3 is 1. The van der Waals surface area contributed by atoms with E-state index in [2.05, 4.69) is 10.3 Å². The molecule has 0 fully saturated rings. The second-order valence-corrected chi connectivity index (χ2v) is 8.01. The quantitative estimate of drug-likeness (QED) is 0.356. The van der Waals surface area contributed by atoms with Crippen LogP contribution in [0.3, 0.4) is 0 Å². The number of nitrogens with zero attached hydrogens (tertiary/aromatic N) is 3. The zero-order valence-electron chi connectivity index (χ0n) is 19.0. The number of fused-ring (bicyclic) bond motifs is 2. The molecule has 5 rings (SSSR count). The monoisotopic (exact) mass is 469 g/mol. The molecular formula is C26H23N5O4. The lowest BCUT2D eigenvalue weighted by atomic mass is 10.1. The second kappa shape index (κ2) is 9.30. The number of amides is 1. The third kappa shape index (κ3) is 4.31. The van der Waals surface area contributed by atoms with Crippen LogP contribution >= 0.6 is 0 Å². The molecule has 0 radical (unpaired) electrons. The van der Waals surface area contributed by atoms with Gasteiger partial charge in [-0.2, -0.15) is 0 Å². The van der Waals surface area contributed by atoms with Crippen LogP contribution in [0.1, 0.15) is 21.7 Å². The third-order valence-corrected chi connectivity index (χ3v) is 5.82. The maximum atomic E-state index is 13.3. The Labute approximate surface area is 199 Å². The minimum absolute atomic E-state index is 0.0528. The Hall–Kier alpha value is -4.66. The zero-order valence-corrected chi connectivity index (χ0v) is 19.0. The molecule has 0 unspecified atom stereocenters. The van der Waals surface area contributed by atoms with Crippen molar-refractivity contribution < 1.29 is 13.9 Å². The molecule has 1 amide bonds. The topological polar surface area (TPSA) is 115 Å². The first-order chi connectivity index (χ1) is 17.0. The lowest BCUT2D eigenvalue weighted by molar-refractivity contribution is 0.0951. The minimum Gasteiger partial charge on any atom is -0.497 e. The highest BCUT2D eigenvalue weighted by atomic mass is 16.5. The maximum Gasteiger partial charge on any atom is 0.267 e. The molecule has 0 aliphatic rings. The van der Waals surface area contributed by atoms with E-state index in [1.807, 2.05) is 24.3 Å². The fourth-order valence-corrected chi connectivity index (χ4v) is 3.98. The van der Waals surface area contributed by atoms with Crippen molar-refractivity contribution in [1.29, 1.82) is 5.41 Å². The Kier molecular flexibility index (Phi) is 5.88. The van der Waals surface area contributed by atoms with E-state index in [0.29, 0.717) is 30.0 Å². The molecule has 0 spiro atoms. The van der Waals surface area contributed by atoms with E-state index in [1.54, 1.807) is 43.6 Å². The molecule has 0 aliphatic carbocycles. The van der Waals surface area contributed by atoms with Gasteiger partial charge in [0.25, 0.3) is 11.5 Å². The largest absolute Gasteiger partial charge is 0.497 e. The highest BCUT2D eigenvalue weighted by Gasteiger charge is 2.18. The van der Waals surface area contributed by atoms with Crippen LogP contribution in [0.25, 0.3) is 16.7 Å². The van der Waals surface area contributed by atoms with Crippen molar-refractivity contribution >= 4 is 22.6 Å². The summed E-state index contributed by atoms with van der Waals surface area (Å²) in [7, 11) is 1.61. The molecule has 0 saturated heterocycles. The molecule has 0 saturated carbocycles. The molecule has 0 atom stereocenters. The van der Waals surface area contributed by atoms with Gasteiger partial charge in [0.1, 0.15) is 28.3 Å². The average molecular weight is 470 g/mol. The van der Waals surface area contributed by atoms with Gasteiger partial charge in [-0.3, -0.25) is 19.4 Å². The van der Waals surface area contributed by atoms with Crippen LogP contribution in [-0.2, 0) is 13.0 Å². The van der Waals surface area contributed by atoms with Gasteiger partial charge in [0.05, 0.1) is 30.9 Å². The third-order valence-electron chi connectivity index (χ3n) is 5.82. The van der Waals surface area contributed by atoms with Crippen LogP contribution in [0.4, 0.5) is 0 Å². The molecule has 9 heteroatoms. The Morgan fingerprint density at radius 2 is 1.97 bits per heavy atom. The number of hydrogen-bond donors (Lipinski definition) is 2. The summed E-state index contributed by atoms with van der Waals surface area (Å²) < 4.78 is 13.6. The molecule has 4 aromatic heterocycles. The number of benzene rings is 1. The van der Waals surface area contributed by atoms with Crippen LogP contribution in [-0.4, -0.2) is 33.5 Å². The van der Waals surface area contributed by atoms with Gasteiger partial charge in [-0.25, -0.2) is 4.98 Å². The van der Waals surface area contributed by atoms with E-state index in [0.717, 1.165) is 11.3 Å². The number of hydrogen-bond acceptors (Lipinski definition) is 6. The fourth-order valence-electron chi connectivity index (χ4n) is 3.98. The van der Waals surface area contributed by atoms with Gasteiger partial charge >= 0.3 is 0 Å². The molecule has 9 nitrogen and oxygen atoms in total. The molecule has 0 aliphatic heterocycles. The van der Waals surface area contributed by atoms with E-state index in [4.69, 9.17) is 14.6 Å². The number of furan rings is 1. The van der Waals surface area contributed by atoms with Gasteiger partial charge in [0.2, 0.25) is 0 Å². The van der Waals surface area contributed by atoms with E-state index in [9.17, 15) is 9.59 Å². The van der Waals surface area contributed by atoms with Gasteiger partial charge in [0, 0.05) is 12.7 Å². The number of carbonyl (C=O) groups is 1. The molecule has 176 valence electrons. The predicted molar refractivity (Wildman–Crippen MR) is 130 cm³/mol. The van der Waals surface area contributed by atoms with Gasteiger partial charge < -0.3 is 19.0 Å². The van der Waals surface area contributed by atoms with Crippen LogP contribution in [0.5, 0.6) is 5.75 Å². The summed E-state index contributed by atoms with van der Waals surface area (Å²) in [4.78, 5) is 31.0. The van der Waals surface area contributed by atoms with Crippen molar-refractivity contribution in [2.45, 2.75) is 13.0 Å².